The molecule has 4 nitrogen and oxygen atoms in total. The molecule has 0 aromatic heterocycles. The Hall–Kier alpha value is -1.36. The van der Waals surface area contributed by atoms with Crippen molar-refractivity contribution in [2.45, 2.75) is 25.3 Å². The van der Waals surface area contributed by atoms with Gasteiger partial charge >= 0.3 is 0 Å². The van der Waals surface area contributed by atoms with E-state index in [0.717, 1.165) is 17.0 Å². The molecule has 1 aromatic rings. The van der Waals surface area contributed by atoms with Gasteiger partial charge < -0.3 is 11.1 Å². The second-order valence-electron chi connectivity index (χ2n) is 4.57. The molecule has 0 aliphatic carbocycles. The summed E-state index contributed by atoms with van der Waals surface area (Å²) in [6, 6.07) is 7.57. The maximum Gasteiger partial charge on any atom is 0.188 e. The van der Waals surface area contributed by atoms with Crippen LogP contribution in [0.2, 0.25) is 0 Å². The number of hydrogen-bond donors (Lipinski definition) is 2. The van der Waals surface area contributed by atoms with E-state index < -0.39 is 10.8 Å². The largest absolute Gasteiger partial charge is 0.370 e. The van der Waals surface area contributed by atoms with Crippen molar-refractivity contribution in [3.63, 3.8) is 0 Å². The van der Waals surface area contributed by atoms with Crippen molar-refractivity contribution >= 4 is 16.8 Å². The molecule has 0 aliphatic heterocycles. The molecule has 18 heavy (non-hydrogen) atoms. The Kier molecular flexibility index (Phi) is 5.85. The summed E-state index contributed by atoms with van der Waals surface area (Å²) in [7, 11) is -0.931. The van der Waals surface area contributed by atoms with Crippen LogP contribution in [0.25, 0.3) is 0 Å². The van der Waals surface area contributed by atoms with Gasteiger partial charge in [0.25, 0.3) is 0 Å². The highest BCUT2D eigenvalue weighted by molar-refractivity contribution is 7.84. The maximum absolute atomic E-state index is 11.2. The minimum absolute atomic E-state index is 0.465. The van der Waals surface area contributed by atoms with E-state index in [1.165, 1.54) is 0 Å². The van der Waals surface area contributed by atoms with Crippen LogP contribution in [0.3, 0.4) is 0 Å². The van der Waals surface area contributed by atoms with Gasteiger partial charge in [0.1, 0.15) is 0 Å². The Balaban J connectivity index is 2.52. The van der Waals surface area contributed by atoms with Crippen LogP contribution in [0.15, 0.2) is 34.2 Å². The van der Waals surface area contributed by atoms with Gasteiger partial charge in [-0.15, -0.1) is 0 Å². The third-order valence-electron chi connectivity index (χ3n) is 2.38. The summed E-state index contributed by atoms with van der Waals surface area (Å²) in [6.45, 7) is 5.59. The topological polar surface area (TPSA) is 67.5 Å². The Morgan fingerprint density at radius 2 is 2.00 bits per heavy atom. The highest BCUT2D eigenvalue weighted by atomic mass is 32.2. The molecule has 1 unspecified atom stereocenters. The third-order valence-corrected chi connectivity index (χ3v) is 3.31. The standard InChI is InChI=1S/C13H21N3OS/c1-10(2)8-15-13(14)16-9-11-4-6-12(7-5-11)18(3)17/h4-7,10H,8-9H2,1-3H3,(H3,14,15,16). The van der Waals surface area contributed by atoms with Gasteiger partial charge in [-0.05, 0) is 23.6 Å². The van der Waals surface area contributed by atoms with E-state index in [0.29, 0.717) is 18.4 Å². The molecule has 0 bridgehead atoms. The van der Waals surface area contributed by atoms with Crippen LogP contribution in [0.4, 0.5) is 0 Å². The van der Waals surface area contributed by atoms with Gasteiger partial charge in [0.15, 0.2) is 5.96 Å². The molecule has 1 aromatic carbocycles. The molecule has 0 amide bonds. The molecular weight excluding hydrogens is 246 g/mol. The lowest BCUT2D eigenvalue weighted by Crippen LogP contribution is -2.34. The summed E-state index contributed by atoms with van der Waals surface area (Å²) in [4.78, 5) is 5.08. The zero-order valence-corrected chi connectivity index (χ0v) is 12.0. The first-order valence-corrected chi connectivity index (χ1v) is 7.51. The van der Waals surface area contributed by atoms with Crippen LogP contribution in [-0.2, 0) is 17.3 Å². The van der Waals surface area contributed by atoms with Gasteiger partial charge in [0.2, 0.25) is 0 Å². The summed E-state index contributed by atoms with van der Waals surface area (Å²) in [5.41, 5.74) is 6.79. The average molecular weight is 267 g/mol. The first-order valence-electron chi connectivity index (χ1n) is 5.95. The average Bonchev–Trinajstić information content (AvgIpc) is 2.34. The van der Waals surface area contributed by atoms with Gasteiger partial charge in [-0.25, -0.2) is 4.99 Å². The fourth-order valence-corrected chi connectivity index (χ4v) is 1.85. The first-order chi connectivity index (χ1) is 8.49. The molecule has 0 saturated heterocycles. The highest BCUT2D eigenvalue weighted by Gasteiger charge is 1.98. The minimum Gasteiger partial charge on any atom is -0.370 e. The molecule has 1 atom stereocenters. The van der Waals surface area contributed by atoms with E-state index in [1.54, 1.807) is 6.26 Å². The van der Waals surface area contributed by atoms with Crippen molar-refractivity contribution in [1.29, 1.82) is 0 Å². The highest BCUT2D eigenvalue weighted by Crippen LogP contribution is 2.08. The van der Waals surface area contributed by atoms with Crippen LogP contribution in [0.5, 0.6) is 0 Å². The number of hydrogen-bond acceptors (Lipinski definition) is 2. The van der Waals surface area contributed by atoms with Crippen LogP contribution in [-0.4, -0.2) is 23.0 Å². The van der Waals surface area contributed by atoms with Gasteiger partial charge in [0.05, 0.1) is 6.54 Å². The Morgan fingerprint density at radius 1 is 1.39 bits per heavy atom. The summed E-state index contributed by atoms with van der Waals surface area (Å²) >= 11 is 0. The van der Waals surface area contributed by atoms with Gasteiger partial charge in [-0.1, -0.05) is 26.0 Å². The van der Waals surface area contributed by atoms with Crippen molar-refractivity contribution in [1.82, 2.24) is 5.32 Å². The van der Waals surface area contributed by atoms with Crippen molar-refractivity contribution in [2.75, 3.05) is 12.8 Å². The smallest absolute Gasteiger partial charge is 0.188 e. The Morgan fingerprint density at radius 3 is 2.50 bits per heavy atom. The zero-order valence-electron chi connectivity index (χ0n) is 11.1. The van der Waals surface area contributed by atoms with Crippen molar-refractivity contribution in [2.24, 2.45) is 16.6 Å². The second-order valence-corrected chi connectivity index (χ2v) is 5.95. The monoisotopic (exact) mass is 267 g/mol. The molecule has 100 valence electrons. The van der Waals surface area contributed by atoms with Gasteiger partial charge in [-0.3, -0.25) is 4.21 Å². The fraction of sp³-hybridized carbons (Fsp3) is 0.462. The number of benzene rings is 1. The lowest BCUT2D eigenvalue weighted by Gasteiger charge is -2.07. The Labute approximate surface area is 111 Å². The molecule has 0 fully saturated rings. The number of guanidine groups is 1. The maximum atomic E-state index is 11.2. The molecule has 5 heteroatoms. The Bertz CT molecular complexity index is 426. The van der Waals surface area contributed by atoms with E-state index in [9.17, 15) is 4.21 Å². The molecule has 0 radical (unpaired) electrons. The number of rotatable bonds is 5. The lowest BCUT2D eigenvalue weighted by atomic mass is 10.2. The molecule has 1 rings (SSSR count). The summed E-state index contributed by atoms with van der Waals surface area (Å²) in [6.07, 6.45) is 1.67. The first kappa shape index (κ1) is 14.7. The number of nitrogens with zero attached hydrogens (tertiary/aromatic N) is 1. The molecule has 0 spiro atoms. The quantitative estimate of drug-likeness (QED) is 0.627. The van der Waals surface area contributed by atoms with Gasteiger partial charge in [-0.2, -0.15) is 0 Å². The van der Waals surface area contributed by atoms with Crippen molar-refractivity contribution < 1.29 is 4.21 Å². The van der Waals surface area contributed by atoms with Crippen LogP contribution in [0.1, 0.15) is 19.4 Å². The van der Waals surface area contributed by atoms with E-state index in [2.05, 4.69) is 24.2 Å². The zero-order chi connectivity index (χ0) is 13.5. The SMILES string of the molecule is CC(C)CNC(N)=NCc1ccc(S(C)=O)cc1. The van der Waals surface area contributed by atoms with Crippen molar-refractivity contribution in [3.05, 3.63) is 29.8 Å². The van der Waals surface area contributed by atoms with Crippen LogP contribution >= 0.6 is 0 Å². The van der Waals surface area contributed by atoms with E-state index >= 15 is 0 Å². The molecule has 0 saturated carbocycles. The molecule has 3 N–H and O–H groups in total. The fourth-order valence-electron chi connectivity index (χ4n) is 1.33. The minimum atomic E-state index is -0.931. The number of nitrogens with one attached hydrogen (secondary N) is 1. The van der Waals surface area contributed by atoms with E-state index in [1.807, 2.05) is 24.3 Å². The van der Waals surface area contributed by atoms with Crippen LogP contribution < -0.4 is 11.1 Å². The lowest BCUT2D eigenvalue weighted by molar-refractivity contribution is 0.622. The summed E-state index contributed by atoms with van der Waals surface area (Å²) in [5.74, 6) is 1.00. The molecule has 0 heterocycles. The predicted molar refractivity (Wildman–Crippen MR) is 76.9 cm³/mol. The number of aliphatic imine (C=N–C) groups is 1. The van der Waals surface area contributed by atoms with E-state index in [4.69, 9.17) is 5.73 Å². The van der Waals surface area contributed by atoms with Gasteiger partial charge in [0, 0.05) is 28.5 Å². The normalized spacial score (nSPS) is 13.7. The van der Waals surface area contributed by atoms with Crippen LogP contribution in [0, 0.1) is 5.92 Å². The molecular formula is C13H21N3OS. The van der Waals surface area contributed by atoms with Crippen molar-refractivity contribution in [3.8, 4) is 0 Å². The van der Waals surface area contributed by atoms with E-state index in [-0.39, 0.29) is 0 Å². The summed E-state index contributed by atoms with van der Waals surface area (Å²) < 4.78 is 11.2. The number of nitrogens with two attached hydrogens (primary N) is 1. The molecule has 0 aliphatic rings. The second kappa shape index (κ2) is 7.16. The summed E-state index contributed by atoms with van der Waals surface area (Å²) in [5, 5.41) is 3.06. The third kappa shape index (κ3) is 5.31. The predicted octanol–water partition coefficient (Wildman–Crippen LogP) is 1.48.